The van der Waals surface area contributed by atoms with E-state index in [1.807, 2.05) is 48.1 Å². The predicted molar refractivity (Wildman–Crippen MR) is 120 cm³/mol. The van der Waals surface area contributed by atoms with Crippen LogP contribution in [0.1, 0.15) is 31.7 Å². The van der Waals surface area contributed by atoms with Gasteiger partial charge in [-0.3, -0.25) is 4.90 Å². The molecule has 31 heavy (non-hydrogen) atoms. The minimum atomic E-state index is -0.344. The van der Waals surface area contributed by atoms with E-state index in [4.69, 9.17) is 9.84 Å². The molecule has 3 aromatic rings. The van der Waals surface area contributed by atoms with E-state index in [1.54, 1.807) is 12.1 Å². The number of para-hydroxylation sites is 1. The van der Waals surface area contributed by atoms with Crippen molar-refractivity contribution in [3.63, 3.8) is 0 Å². The fourth-order valence-corrected chi connectivity index (χ4v) is 4.35. The Labute approximate surface area is 183 Å². The number of piperidine rings is 1. The van der Waals surface area contributed by atoms with Crippen LogP contribution >= 0.6 is 0 Å². The number of ether oxygens (including phenoxy) is 1. The monoisotopic (exact) mass is 423 g/mol. The number of nitrogens with zero attached hydrogens (tertiary/aromatic N) is 3. The van der Waals surface area contributed by atoms with Crippen molar-refractivity contribution in [1.82, 2.24) is 14.7 Å². The first-order valence-corrected chi connectivity index (χ1v) is 11.0. The number of hydrogen-bond donors (Lipinski definition) is 1. The zero-order valence-electron chi connectivity index (χ0n) is 18.2. The van der Waals surface area contributed by atoms with E-state index >= 15 is 0 Å². The van der Waals surface area contributed by atoms with Gasteiger partial charge in [0.2, 0.25) is 0 Å². The van der Waals surface area contributed by atoms with E-state index in [9.17, 15) is 9.50 Å². The number of rotatable bonds is 7. The Balaban J connectivity index is 1.62. The van der Waals surface area contributed by atoms with Crippen LogP contribution in [-0.2, 0) is 6.54 Å². The van der Waals surface area contributed by atoms with Crippen LogP contribution in [0.15, 0.2) is 54.7 Å². The van der Waals surface area contributed by atoms with Crippen LogP contribution in [0.5, 0.6) is 5.75 Å². The first-order chi connectivity index (χ1) is 15.1. The Bertz CT molecular complexity index is 997. The Morgan fingerprint density at radius 1 is 1.16 bits per heavy atom. The lowest BCUT2D eigenvalue weighted by atomic mass is 9.90. The lowest BCUT2D eigenvalue weighted by molar-refractivity contribution is 0.0550. The molecular weight excluding hydrogens is 393 g/mol. The smallest absolute Gasteiger partial charge is 0.136 e. The molecule has 164 valence electrons. The molecule has 2 heterocycles. The summed E-state index contributed by atoms with van der Waals surface area (Å²) in [6, 6.07) is 14.8. The molecule has 5 nitrogen and oxygen atoms in total. The first-order valence-electron chi connectivity index (χ1n) is 11.0. The maximum Gasteiger partial charge on any atom is 0.136 e. The van der Waals surface area contributed by atoms with E-state index in [0.717, 1.165) is 43.6 Å². The van der Waals surface area contributed by atoms with Crippen LogP contribution < -0.4 is 4.74 Å². The number of halogens is 1. The van der Waals surface area contributed by atoms with Crippen molar-refractivity contribution in [3.05, 3.63) is 66.1 Å². The van der Waals surface area contributed by atoms with Gasteiger partial charge in [0.15, 0.2) is 0 Å². The predicted octanol–water partition coefficient (Wildman–Crippen LogP) is 4.67. The van der Waals surface area contributed by atoms with Crippen molar-refractivity contribution in [1.29, 1.82) is 0 Å². The van der Waals surface area contributed by atoms with Crippen molar-refractivity contribution >= 4 is 0 Å². The molecule has 6 heteroatoms. The molecule has 1 N–H and O–H groups in total. The summed E-state index contributed by atoms with van der Waals surface area (Å²) in [7, 11) is 1.53. The first kappa shape index (κ1) is 21.5. The molecule has 0 aliphatic carbocycles. The van der Waals surface area contributed by atoms with Gasteiger partial charge >= 0.3 is 0 Å². The second-order valence-electron chi connectivity index (χ2n) is 8.22. The summed E-state index contributed by atoms with van der Waals surface area (Å²) in [5.41, 5.74) is 3.05. The zero-order chi connectivity index (χ0) is 21.8. The van der Waals surface area contributed by atoms with E-state index in [-0.39, 0.29) is 11.9 Å². The van der Waals surface area contributed by atoms with Crippen LogP contribution in [0.25, 0.3) is 16.9 Å². The maximum atomic E-state index is 14.9. The van der Waals surface area contributed by atoms with Crippen molar-refractivity contribution in [2.75, 3.05) is 20.2 Å². The SMILES string of the molecule is CCC(O)C1CCN(Cc2cn(-c3ccccc3)nc2-c2ccc(OC)cc2F)CC1. The number of hydrogen-bond acceptors (Lipinski definition) is 4. The van der Waals surface area contributed by atoms with Crippen LogP contribution in [0.3, 0.4) is 0 Å². The topological polar surface area (TPSA) is 50.5 Å². The standard InChI is InChI=1S/C25H30FN3O2/c1-3-24(30)18-11-13-28(14-12-18)16-19-17-29(20-7-5-4-6-8-20)27-25(19)22-10-9-21(31-2)15-23(22)26/h4-10,15,17-18,24,30H,3,11-14,16H2,1-2H3. The summed E-state index contributed by atoms with van der Waals surface area (Å²) >= 11 is 0. The number of aliphatic hydroxyl groups excluding tert-OH is 1. The van der Waals surface area contributed by atoms with E-state index in [2.05, 4.69) is 4.90 Å². The second kappa shape index (κ2) is 9.62. The number of aliphatic hydroxyl groups is 1. The third kappa shape index (κ3) is 4.81. The minimum Gasteiger partial charge on any atom is -0.497 e. The fourth-order valence-electron chi connectivity index (χ4n) is 4.35. The molecule has 1 aromatic heterocycles. The van der Waals surface area contributed by atoms with Crippen molar-refractivity contribution in [2.45, 2.75) is 38.8 Å². The second-order valence-corrected chi connectivity index (χ2v) is 8.22. The molecule has 2 aromatic carbocycles. The summed E-state index contributed by atoms with van der Waals surface area (Å²) in [6.45, 7) is 4.57. The molecule has 1 aliphatic heterocycles. The summed E-state index contributed by atoms with van der Waals surface area (Å²) < 4.78 is 21.9. The van der Waals surface area contributed by atoms with Gasteiger partial charge in [-0.1, -0.05) is 25.1 Å². The van der Waals surface area contributed by atoms with Gasteiger partial charge in [0, 0.05) is 29.9 Å². The Morgan fingerprint density at radius 3 is 2.55 bits per heavy atom. The highest BCUT2D eigenvalue weighted by Crippen LogP contribution is 2.31. The molecule has 1 saturated heterocycles. The fraction of sp³-hybridized carbons (Fsp3) is 0.400. The van der Waals surface area contributed by atoms with Crippen LogP contribution in [0.2, 0.25) is 0 Å². The molecule has 1 atom stereocenters. The minimum absolute atomic E-state index is 0.216. The molecule has 0 saturated carbocycles. The molecule has 1 unspecified atom stereocenters. The van der Waals surface area contributed by atoms with Crippen LogP contribution in [0.4, 0.5) is 4.39 Å². The maximum absolute atomic E-state index is 14.9. The Hall–Kier alpha value is -2.70. The highest BCUT2D eigenvalue weighted by molar-refractivity contribution is 5.65. The quantitative estimate of drug-likeness (QED) is 0.600. The summed E-state index contributed by atoms with van der Waals surface area (Å²) in [6.07, 6.45) is 4.55. The number of benzene rings is 2. The normalized spacial score (nSPS) is 16.4. The van der Waals surface area contributed by atoms with Gasteiger partial charge in [0.05, 0.1) is 18.9 Å². The molecule has 0 amide bonds. The van der Waals surface area contributed by atoms with Gasteiger partial charge in [-0.25, -0.2) is 9.07 Å². The average Bonchev–Trinajstić information content (AvgIpc) is 3.23. The lowest BCUT2D eigenvalue weighted by Gasteiger charge is -2.33. The Morgan fingerprint density at radius 2 is 1.90 bits per heavy atom. The van der Waals surface area contributed by atoms with Gasteiger partial charge in [0.25, 0.3) is 0 Å². The van der Waals surface area contributed by atoms with E-state index in [1.165, 1.54) is 13.2 Å². The molecular formula is C25H30FN3O2. The Kier molecular flexibility index (Phi) is 6.68. The van der Waals surface area contributed by atoms with E-state index < -0.39 is 0 Å². The third-order valence-corrected chi connectivity index (χ3v) is 6.23. The van der Waals surface area contributed by atoms with Gasteiger partial charge in [0.1, 0.15) is 17.3 Å². The van der Waals surface area contributed by atoms with Crippen molar-refractivity contribution in [3.8, 4) is 22.7 Å². The zero-order valence-corrected chi connectivity index (χ0v) is 18.2. The van der Waals surface area contributed by atoms with Crippen molar-refractivity contribution in [2.24, 2.45) is 5.92 Å². The summed E-state index contributed by atoms with van der Waals surface area (Å²) in [5.74, 6) is 0.511. The molecule has 1 fully saturated rings. The van der Waals surface area contributed by atoms with E-state index in [0.29, 0.717) is 29.5 Å². The van der Waals surface area contributed by atoms with Crippen molar-refractivity contribution < 1.29 is 14.2 Å². The third-order valence-electron chi connectivity index (χ3n) is 6.23. The number of aromatic nitrogens is 2. The van der Waals surface area contributed by atoms with Gasteiger partial charge in [-0.15, -0.1) is 0 Å². The number of methoxy groups -OCH3 is 1. The van der Waals surface area contributed by atoms with Gasteiger partial charge in [-0.2, -0.15) is 5.10 Å². The average molecular weight is 424 g/mol. The number of likely N-dealkylation sites (tertiary alicyclic amines) is 1. The summed E-state index contributed by atoms with van der Waals surface area (Å²) in [5, 5.41) is 14.9. The largest absolute Gasteiger partial charge is 0.497 e. The highest BCUT2D eigenvalue weighted by atomic mass is 19.1. The molecule has 1 aliphatic rings. The molecule has 4 rings (SSSR count). The summed E-state index contributed by atoms with van der Waals surface area (Å²) in [4.78, 5) is 2.37. The lowest BCUT2D eigenvalue weighted by Crippen LogP contribution is -2.37. The molecule has 0 bridgehead atoms. The molecule has 0 spiro atoms. The molecule has 0 radical (unpaired) electrons. The van der Waals surface area contributed by atoms with Crippen LogP contribution in [0, 0.1) is 11.7 Å². The van der Waals surface area contributed by atoms with Gasteiger partial charge in [-0.05, 0) is 62.5 Å². The van der Waals surface area contributed by atoms with Gasteiger partial charge < -0.3 is 9.84 Å². The highest BCUT2D eigenvalue weighted by Gasteiger charge is 2.26. The van der Waals surface area contributed by atoms with Crippen LogP contribution in [-0.4, -0.2) is 46.1 Å².